The summed E-state index contributed by atoms with van der Waals surface area (Å²) in [5.74, 6) is 0.897. The molecule has 0 spiro atoms. The molecule has 3 rings (SSSR count). The van der Waals surface area contributed by atoms with Crippen molar-refractivity contribution in [2.24, 2.45) is 0 Å². The van der Waals surface area contributed by atoms with Crippen LogP contribution in [0.1, 0.15) is 25.7 Å². The maximum Gasteiger partial charge on any atom is 0.180 e. The number of hydrogen-bond acceptors (Lipinski definition) is 5. The fraction of sp³-hybridized carbons (Fsp3) is 0.500. The van der Waals surface area contributed by atoms with E-state index < -0.39 is 0 Å². The first-order valence-electron chi connectivity index (χ1n) is 6.84. The number of nitrogens with zero attached hydrogens (tertiary/aromatic N) is 4. The molecule has 3 heterocycles. The van der Waals surface area contributed by atoms with Gasteiger partial charge >= 0.3 is 0 Å². The second kappa shape index (κ2) is 5.48. The van der Waals surface area contributed by atoms with Gasteiger partial charge in [0, 0.05) is 18.9 Å². The molecule has 1 N–H and O–H groups in total. The lowest BCUT2D eigenvalue weighted by atomic mass is 10.1. The van der Waals surface area contributed by atoms with E-state index in [4.69, 9.17) is 0 Å². The topological polar surface area (TPSA) is 62.1 Å². The van der Waals surface area contributed by atoms with Gasteiger partial charge in [-0.05, 0) is 25.0 Å². The molecule has 1 saturated heterocycles. The lowest BCUT2D eigenvalue weighted by molar-refractivity contribution is 0.254. The Balaban J connectivity index is 1.96. The van der Waals surface area contributed by atoms with Gasteiger partial charge in [-0.1, -0.05) is 12.8 Å². The molecule has 1 unspecified atom stereocenters. The molecule has 1 aliphatic heterocycles. The number of pyridine rings is 1. The Hall–Kier alpha value is -1.75. The lowest BCUT2D eigenvalue weighted by Gasteiger charge is -2.29. The zero-order chi connectivity index (χ0) is 13.1. The van der Waals surface area contributed by atoms with E-state index in [2.05, 4.69) is 19.9 Å². The average molecular weight is 258 g/mol. The minimum atomic E-state index is 0.170. The zero-order valence-electron chi connectivity index (χ0n) is 10.9. The molecule has 5 heteroatoms. The van der Waals surface area contributed by atoms with E-state index in [0.29, 0.717) is 5.65 Å². The van der Waals surface area contributed by atoms with E-state index in [1.807, 2.05) is 12.1 Å². The van der Waals surface area contributed by atoms with Crippen LogP contribution >= 0.6 is 0 Å². The van der Waals surface area contributed by atoms with Crippen molar-refractivity contribution >= 4 is 17.0 Å². The van der Waals surface area contributed by atoms with Crippen LogP contribution in [-0.2, 0) is 0 Å². The summed E-state index contributed by atoms with van der Waals surface area (Å²) in [5.41, 5.74) is 1.47. The number of aliphatic hydroxyl groups excluding tert-OH is 1. The van der Waals surface area contributed by atoms with Crippen LogP contribution in [0.25, 0.3) is 11.2 Å². The van der Waals surface area contributed by atoms with Crippen LogP contribution in [0.5, 0.6) is 0 Å². The summed E-state index contributed by atoms with van der Waals surface area (Å²) in [6.45, 7) is 1.13. The number of aliphatic hydroxyl groups is 1. The highest BCUT2D eigenvalue weighted by atomic mass is 16.3. The maximum absolute atomic E-state index is 9.56. The summed E-state index contributed by atoms with van der Waals surface area (Å²) in [6.07, 6.45) is 7.90. The fourth-order valence-corrected chi connectivity index (χ4v) is 2.67. The molecule has 100 valence electrons. The molecule has 2 aromatic heterocycles. The van der Waals surface area contributed by atoms with E-state index >= 15 is 0 Å². The van der Waals surface area contributed by atoms with Gasteiger partial charge in [-0.2, -0.15) is 0 Å². The summed E-state index contributed by atoms with van der Waals surface area (Å²) < 4.78 is 0. The van der Waals surface area contributed by atoms with Gasteiger partial charge in [-0.3, -0.25) is 4.98 Å². The smallest absolute Gasteiger partial charge is 0.180 e. The van der Waals surface area contributed by atoms with Gasteiger partial charge in [0.15, 0.2) is 5.65 Å². The third kappa shape index (κ3) is 2.51. The number of rotatable bonds is 2. The van der Waals surface area contributed by atoms with E-state index in [0.717, 1.165) is 30.7 Å². The normalized spacial score (nSPS) is 20.5. The predicted molar refractivity (Wildman–Crippen MR) is 74.0 cm³/mol. The van der Waals surface area contributed by atoms with Crippen molar-refractivity contribution in [1.82, 2.24) is 15.0 Å². The van der Waals surface area contributed by atoms with Crippen LogP contribution < -0.4 is 4.90 Å². The largest absolute Gasteiger partial charge is 0.394 e. The van der Waals surface area contributed by atoms with E-state index in [1.54, 1.807) is 12.4 Å². The standard InChI is InChI=1S/C14H18N4O/c19-10-11-4-2-1-3-9-18(11)13-6-5-12-14(17-13)16-8-7-15-12/h5-8,11,19H,1-4,9-10H2. The van der Waals surface area contributed by atoms with Crippen molar-refractivity contribution in [3.05, 3.63) is 24.5 Å². The molecule has 2 aromatic rings. The first kappa shape index (κ1) is 12.3. The van der Waals surface area contributed by atoms with Gasteiger partial charge in [-0.15, -0.1) is 0 Å². The summed E-state index contributed by atoms with van der Waals surface area (Å²) in [4.78, 5) is 15.3. The summed E-state index contributed by atoms with van der Waals surface area (Å²) in [5, 5.41) is 9.56. The molecule has 1 atom stereocenters. The molecule has 19 heavy (non-hydrogen) atoms. The second-order valence-electron chi connectivity index (χ2n) is 4.95. The minimum absolute atomic E-state index is 0.170. The lowest BCUT2D eigenvalue weighted by Crippen LogP contribution is -2.38. The summed E-state index contributed by atoms with van der Waals surface area (Å²) in [6, 6.07) is 4.10. The van der Waals surface area contributed by atoms with Crippen LogP contribution in [0.3, 0.4) is 0 Å². The molecular weight excluding hydrogens is 240 g/mol. The molecule has 0 aromatic carbocycles. The second-order valence-corrected chi connectivity index (χ2v) is 4.95. The number of hydrogen-bond donors (Lipinski definition) is 1. The van der Waals surface area contributed by atoms with Crippen molar-refractivity contribution in [2.75, 3.05) is 18.1 Å². The molecule has 0 aliphatic carbocycles. The molecule has 0 saturated carbocycles. The molecule has 0 bridgehead atoms. The maximum atomic E-state index is 9.56. The van der Waals surface area contributed by atoms with Gasteiger partial charge in [0.25, 0.3) is 0 Å². The quantitative estimate of drug-likeness (QED) is 0.889. The molecule has 0 radical (unpaired) electrons. The van der Waals surface area contributed by atoms with Gasteiger partial charge in [0.2, 0.25) is 0 Å². The number of anilines is 1. The van der Waals surface area contributed by atoms with Crippen molar-refractivity contribution in [2.45, 2.75) is 31.7 Å². The molecule has 5 nitrogen and oxygen atoms in total. The molecule has 1 aliphatic rings. The van der Waals surface area contributed by atoms with Gasteiger partial charge < -0.3 is 10.0 Å². The van der Waals surface area contributed by atoms with Crippen molar-refractivity contribution in [3.8, 4) is 0 Å². The van der Waals surface area contributed by atoms with Crippen molar-refractivity contribution in [3.63, 3.8) is 0 Å². The van der Waals surface area contributed by atoms with Crippen LogP contribution in [0.4, 0.5) is 5.82 Å². The average Bonchev–Trinajstić information content (AvgIpc) is 2.72. The summed E-state index contributed by atoms with van der Waals surface area (Å²) >= 11 is 0. The Bertz CT molecular complexity index is 560. The Morgan fingerprint density at radius 3 is 2.95 bits per heavy atom. The van der Waals surface area contributed by atoms with Crippen LogP contribution in [-0.4, -0.2) is 39.3 Å². The zero-order valence-corrected chi connectivity index (χ0v) is 10.9. The summed E-state index contributed by atoms with van der Waals surface area (Å²) in [7, 11) is 0. The third-order valence-electron chi connectivity index (χ3n) is 3.70. The highest BCUT2D eigenvalue weighted by Crippen LogP contribution is 2.23. The minimum Gasteiger partial charge on any atom is -0.394 e. The Labute approximate surface area is 112 Å². The highest BCUT2D eigenvalue weighted by Gasteiger charge is 2.21. The van der Waals surface area contributed by atoms with Crippen LogP contribution in [0, 0.1) is 0 Å². The third-order valence-corrected chi connectivity index (χ3v) is 3.70. The first-order chi connectivity index (χ1) is 9.38. The SMILES string of the molecule is OCC1CCCCCN1c1ccc2nccnc2n1. The monoisotopic (exact) mass is 258 g/mol. The fourth-order valence-electron chi connectivity index (χ4n) is 2.67. The van der Waals surface area contributed by atoms with Gasteiger partial charge in [0.05, 0.1) is 12.6 Å². The number of aromatic nitrogens is 3. The van der Waals surface area contributed by atoms with Gasteiger partial charge in [-0.25, -0.2) is 9.97 Å². The molecular formula is C14H18N4O. The Morgan fingerprint density at radius 1 is 1.16 bits per heavy atom. The van der Waals surface area contributed by atoms with Crippen molar-refractivity contribution < 1.29 is 5.11 Å². The van der Waals surface area contributed by atoms with E-state index in [1.165, 1.54) is 12.8 Å². The number of fused-ring (bicyclic) bond motifs is 1. The first-order valence-corrected chi connectivity index (χ1v) is 6.84. The van der Waals surface area contributed by atoms with E-state index in [9.17, 15) is 5.11 Å². The molecule has 1 fully saturated rings. The van der Waals surface area contributed by atoms with Crippen LogP contribution in [0.2, 0.25) is 0 Å². The highest BCUT2D eigenvalue weighted by molar-refractivity contribution is 5.71. The Kier molecular flexibility index (Phi) is 3.55. The van der Waals surface area contributed by atoms with Gasteiger partial charge in [0.1, 0.15) is 11.3 Å². The Morgan fingerprint density at radius 2 is 2.05 bits per heavy atom. The van der Waals surface area contributed by atoms with E-state index in [-0.39, 0.29) is 12.6 Å². The predicted octanol–water partition coefficient (Wildman–Crippen LogP) is 1.77. The molecule has 0 amide bonds. The van der Waals surface area contributed by atoms with Crippen molar-refractivity contribution in [1.29, 1.82) is 0 Å². The van der Waals surface area contributed by atoms with Crippen LogP contribution in [0.15, 0.2) is 24.5 Å².